The number of Topliss-reactive ketones (excluding diaryl/α,β-unsaturated/α-hetero) is 1. The molecule has 1 atom stereocenters. The van der Waals surface area contributed by atoms with Gasteiger partial charge in [-0.2, -0.15) is 0 Å². The molecule has 1 aromatic carbocycles. The van der Waals surface area contributed by atoms with E-state index in [0.29, 0.717) is 19.5 Å². The first-order valence-electron chi connectivity index (χ1n) is 9.21. The minimum Gasteiger partial charge on any atom is -0.468 e. The number of nitrogens with one attached hydrogen (secondary N) is 1. The van der Waals surface area contributed by atoms with E-state index in [2.05, 4.69) is 5.32 Å². The molecule has 2 aromatic heterocycles. The van der Waals surface area contributed by atoms with Crippen LogP contribution in [0.5, 0.6) is 0 Å². The van der Waals surface area contributed by atoms with E-state index >= 15 is 0 Å². The molecule has 28 heavy (non-hydrogen) atoms. The number of carbonyl (C=O) groups is 2. The third-order valence-electron chi connectivity index (χ3n) is 4.39. The molecule has 0 fully saturated rings. The van der Waals surface area contributed by atoms with Gasteiger partial charge in [0.15, 0.2) is 5.78 Å². The first kappa shape index (κ1) is 20.0. The molecule has 0 spiro atoms. The molecular weight excluding hydrogens is 372 g/mol. The summed E-state index contributed by atoms with van der Waals surface area (Å²) in [4.78, 5) is 27.9. The number of carbonyl (C=O) groups excluding carboxylic acids is 2. The van der Waals surface area contributed by atoms with E-state index in [4.69, 9.17) is 4.42 Å². The second-order valence-corrected chi connectivity index (χ2v) is 7.76. The third-order valence-corrected chi connectivity index (χ3v) is 5.26. The van der Waals surface area contributed by atoms with Crippen molar-refractivity contribution in [2.45, 2.75) is 32.5 Å². The number of benzene rings is 1. The fourth-order valence-electron chi connectivity index (χ4n) is 3.00. The highest BCUT2D eigenvalue weighted by molar-refractivity contribution is 7.09. The molecule has 3 aromatic rings. The van der Waals surface area contributed by atoms with Gasteiger partial charge in [-0.15, -0.1) is 11.3 Å². The normalized spacial score (nSPS) is 12.1. The lowest BCUT2D eigenvalue weighted by atomic mass is 10.0. The number of ketones is 1. The molecular formula is C22H24N2O3S. The molecule has 0 saturated carbocycles. The Morgan fingerprint density at radius 3 is 2.54 bits per heavy atom. The first-order chi connectivity index (χ1) is 13.6. The summed E-state index contributed by atoms with van der Waals surface area (Å²) in [6, 6.07) is 17.0. The average molecular weight is 397 g/mol. The Labute approximate surface area is 169 Å². The van der Waals surface area contributed by atoms with Crippen molar-refractivity contribution in [3.8, 4) is 0 Å². The number of hydrogen-bond acceptors (Lipinski definition) is 5. The Morgan fingerprint density at radius 2 is 1.89 bits per heavy atom. The van der Waals surface area contributed by atoms with Gasteiger partial charge in [0.05, 0.1) is 25.4 Å². The summed E-state index contributed by atoms with van der Waals surface area (Å²) in [6.45, 7) is 2.88. The molecule has 0 aliphatic carbocycles. The summed E-state index contributed by atoms with van der Waals surface area (Å²) in [7, 11) is 0. The number of thiophene rings is 1. The van der Waals surface area contributed by atoms with Crippen LogP contribution in [0.4, 0.5) is 0 Å². The molecule has 2 heterocycles. The summed E-state index contributed by atoms with van der Waals surface area (Å²) in [6.07, 6.45) is 2.12. The SMILES string of the molecule is CC(=O)[C@H](Cc1ccccc1)NC(=O)CN(Cc1ccco1)Cc1cccs1. The van der Waals surface area contributed by atoms with Crippen molar-refractivity contribution in [2.24, 2.45) is 0 Å². The predicted molar refractivity (Wildman–Crippen MR) is 110 cm³/mol. The number of rotatable bonds is 10. The molecule has 0 aliphatic rings. The van der Waals surface area contributed by atoms with Crippen LogP contribution < -0.4 is 5.32 Å². The smallest absolute Gasteiger partial charge is 0.234 e. The van der Waals surface area contributed by atoms with Gasteiger partial charge in [-0.3, -0.25) is 14.5 Å². The van der Waals surface area contributed by atoms with Gasteiger partial charge in [0, 0.05) is 11.4 Å². The number of amides is 1. The van der Waals surface area contributed by atoms with Gasteiger partial charge in [0.1, 0.15) is 5.76 Å². The summed E-state index contributed by atoms with van der Waals surface area (Å²) in [5, 5.41) is 4.92. The quantitative estimate of drug-likeness (QED) is 0.568. The van der Waals surface area contributed by atoms with Gasteiger partial charge in [0.25, 0.3) is 0 Å². The standard InChI is InChI=1S/C22H24N2O3S/c1-17(25)21(13-18-7-3-2-4-8-18)23-22(26)16-24(14-19-9-5-11-27-19)15-20-10-6-12-28-20/h2-12,21H,13-16H2,1H3,(H,23,26)/t21-/m0/s1. The van der Waals surface area contributed by atoms with E-state index in [1.165, 1.54) is 11.8 Å². The molecule has 0 unspecified atom stereocenters. The van der Waals surface area contributed by atoms with Crippen LogP contribution >= 0.6 is 11.3 Å². The average Bonchev–Trinajstić information content (AvgIpc) is 3.36. The number of furan rings is 1. The van der Waals surface area contributed by atoms with Crippen LogP contribution in [0.3, 0.4) is 0 Å². The van der Waals surface area contributed by atoms with Crippen molar-refractivity contribution >= 4 is 23.0 Å². The Kier molecular flexibility index (Phi) is 7.17. The van der Waals surface area contributed by atoms with E-state index in [1.807, 2.05) is 64.9 Å². The van der Waals surface area contributed by atoms with Gasteiger partial charge in [-0.05, 0) is 42.5 Å². The number of hydrogen-bond donors (Lipinski definition) is 1. The Hall–Kier alpha value is -2.70. The van der Waals surface area contributed by atoms with Crippen LogP contribution in [0.1, 0.15) is 23.1 Å². The molecule has 0 bridgehead atoms. The fourth-order valence-corrected chi connectivity index (χ4v) is 3.75. The predicted octanol–water partition coefficient (Wildman–Crippen LogP) is 3.66. The third kappa shape index (κ3) is 6.18. The summed E-state index contributed by atoms with van der Waals surface area (Å²) >= 11 is 1.65. The molecule has 3 rings (SSSR count). The van der Waals surface area contributed by atoms with Crippen LogP contribution in [0.2, 0.25) is 0 Å². The van der Waals surface area contributed by atoms with E-state index in [-0.39, 0.29) is 18.2 Å². The summed E-state index contributed by atoms with van der Waals surface area (Å²) in [5.74, 6) is 0.587. The monoisotopic (exact) mass is 396 g/mol. The molecule has 146 valence electrons. The molecule has 6 heteroatoms. The second kappa shape index (κ2) is 10.0. The van der Waals surface area contributed by atoms with Crippen LogP contribution in [0, 0.1) is 0 Å². The zero-order valence-electron chi connectivity index (χ0n) is 15.8. The minimum atomic E-state index is -0.526. The summed E-state index contributed by atoms with van der Waals surface area (Å²) in [5.41, 5.74) is 1.02. The van der Waals surface area contributed by atoms with Crippen LogP contribution in [0.25, 0.3) is 0 Å². The highest BCUT2D eigenvalue weighted by Crippen LogP contribution is 2.15. The summed E-state index contributed by atoms with van der Waals surface area (Å²) < 4.78 is 5.44. The van der Waals surface area contributed by atoms with Crippen molar-refractivity contribution < 1.29 is 14.0 Å². The van der Waals surface area contributed by atoms with Crippen LogP contribution in [0.15, 0.2) is 70.7 Å². The maximum atomic E-state index is 12.7. The topological polar surface area (TPSA) is 62.6 Å². The second-order valence-electron chi connectivity index (χ2n) is 6.72. The lowest BCUT2D eigenvalue weighted by Crippen LogP contribution is -2.45. The fraction of sp³-hybridized carbons (Fsp3) is 0.273. The molecule has 5 nitrogen and oxygen atoms in total. The van der Waals surface area contributed by atoms with Gasteiger partial charge in [-0.25, -0.2) is 0 Å². The highest BCUT2D eigenvalue weighted by atomic mass is 32.1. The van der Waals surface area contributed by atoms with Crippen molar-refractivity contribution in [1.82, 2.24) is 10.2 Å². The molecule has 1 amide bonds. The van der Waals surface area contributed by atoms with E-state index in [1.54, 1.807) is 17.6 Å². The van der Waals surface area contributed by atoms with Gasteiger partial charge in [0.2, 0.25) is 5.91 Å². The van der Waals surface area contributed by atoms with Crippen molar-refractivity contribution in [3.05, 3.63) is 82.4 Å². The van der Waals surface area contributed by atoms with Crippen molar-refractivity contribution in [2.75, 3.05) is 6.54 Å². The molecule has 1 N–H and O–H groups in total. The van der Waals surface area contributed by atoms with Gasteiger partial charge in [-0.1, -0.05) is 36.4 Å². The van der Waals surface area contributed by atoms with Crippen LogP contribution in [-0.2, 0) is 29.1 Å². The lowest BCUT2D eigenvalue weighted by molar-refractivity contribution is -0.127. The zero-order valence-corrected chi connectivity index (χ0v) is 16.7. The number of nitrogens with zero attached hydrogens (tertiary/aromatic N) is 1. The van der Waals surface area contributed by atoms with Gasteiger partial charge >= 0.3 is 0 Å². The Morgan fingerprint density at radius 1 is 1.07 bits per heavy atom. The van der Waals surface area contributed by atoms with E-state index in [0.717, 1.165) is 11.3 Å². The van der Waals surface area contributed by atoms with E-state index in [9.17, 15) is 9.59 Å². The van der Waals surface area contributed by atoms with Crippen molar-refractivity contribution in [1.29, 1.82) is 0 Å². The molecule has 0 radical (unpaired) electrons. The largest absolute Gasteiger partial charge is 0.468 e. The zero-order chi connectivity index (χ0) is 19.8. The molecule has 0 aliphatic heterocycles. The first-order valence-corrected chi connectivity index (χ1v) is 10.1. The van der Waals surface area contributed by atoms with Crippen molar-refractivity contribution in [3.63, 3.8) is 0 Å². The minimum absolute atomic E-state index is 0.0481. The lowest BCUT2D eigenvalue weighted by Gasteiger charge is -2.22. The van der Waals surface area contributed by atoms with Gasteiger partial charge < -0.3 is 9.73 Å². The molecule has 0 saturated heterocycles. The highest BCUT2D eigenvalue weighted by Gasteiger charge is 2.20. The Balaban J connectivity index is 1.63. The Bertz CT molecular complexity index is 824. The maximum absolute atomic E-state index is 12.7. The van der Waals surface area contributed by atoms with E-state index < -0.39 is 6.04 Å². The van der Waals surface area contributed by atoms with Crippen LogP contribution in [-0.4, -0.2) is 29.2 Å². The maximum Gasteiger partial charge on any atom is 0.234 e.